The predicted octanol–water partition coefficient (Wildman–Crippen LogP) is 3.40. The largest absolute Gasteiger partial charge is 0.497 e. The van der Waals surface area contributed by atoms with Crippen LogP contribution in [0.25, 0.3) is 0 Å². The van der Waals surface area contributed by atoms with Crippen molar-refractivity contribution in [2.24, 2.45) is 5.92 Å². The van der Waals surface area contributed by atoms with Gasteiger partial charge in [0.15, 0.2) is 0 Å². The number of hydrogen-bond donors (Lipinski definition) is 2. The second-order valence-electron chi connectivity index (χ2n) is 8.64. The highest BCUT2D eigenvalue weighted by atomic mass is 19.1. The summed E-state index contributed by atoms with van der Waals surface area (Å²) < 4.78 is 18.5. The van der Waals surface area contributed by atoms with E-state index < -0.39 is 17.8 Å². The normalized spacial score (nSPS) is 15.8. The lowest BCUT2D eigenvalue weighted by atomic mass is 9.88. The molecule has 3 rings (SSSR count). The Bertz CT molecular complexity index is 1000. The van der Waals surface area contributed by atoms with Crippen LogP contribution in [0, 0.1) is 11.7 Å². The molecular weight excluding hydrogens is 437 g/mol. The number of likely N-dealkylation sites (tertiary alicyclic amines) is 1. The number of methoxy groups -OCH3 is 1. The van der Waals surface area contributed by atoms with Crippen LogP contribution in [0.2, 0.25) is 0 Å². The Kier molecular flexibility index (Phi) is 8.62. The maximum atomic E-state index is 13.2. The molecular formula is C26H32FN3O4. The van der Waals surface area contributed by atoms with Crippen LogP contribution in [-0.4, -0.2) is 54.9 Å². The van der Waals surface area contributed by atoms with Crippen molar-refractivity contribution in [2.45, 2.75) is 45.2 Å². The standard InChI is InChI=1S/C26H32FN3O4/c1-4-17(2)28-25(32)23(29-24(31)19-8-10-21(27)11-9-19)18-12-14-30(15-13-18)26(33)20-6-5-7-22(16-20)34-3/h5-11,16-18,23H,4,12-15H2,1-3H3,(H,28,32)(H,29,31)/t17-,23+/m0/s1. The molecule has 0 spiro atoms. The van der Waals surface area contributed by atoms with E-state index in [-0.39, 0.29) is 29.3 Å². The number of piperidine rings is 1. The molecule has 0 aromatic heterocycles. The molecule has 1 saturated heterocycles. The highest BCUT2D eigenvalue weighted by Gasteiger charge is 2.34. The number of ether oxygens (including phenoxy) is 1. The van der Waals surface area contributed by atoms with Crippen molar-refractivity contribution < 1.29 is 23.5 Å². The van der Waals surface area contributed by atoms with E-state index in [0.29, 0.717) is 37.2 Å². The van der Waals surface area contributed by atoms with Gasteiger partial charge in [0.2, 0.25) is 5.91 Å². The fourth-order valence-electron chi connectivity index (χ4n) is 4.03. The summed E-state index contributed by atoms with van der Waals surface area (Å²) in [6.07, 6.45) is 1.90. The van der Waals surface area contributed by atoms with Gasteiger partial charge in [-0.05, 0) is 74.6 Å². The van der Waals surface area contributed by atoms with Gasteiger partial charge in [-0.2, -0.15) is 0 Å². The molecule has 0 aliphatic carbocycles. The molecule has 1 heterocycles. The maximum Gasteiger partial charge on any atom is 0.253 e. The van der Waals surface area contributed by atoms with Crippen molar-refractivity contribution in [2.75, 3.05) is 20.2 Å². The van der Waals surface area contributed by atoms with E-state index in [4.69, 9.17) is 4.74 Å². The lowest BCUT2D eigenvalue weighted by Gasteiger charge is -2.36. The molecule has 2 N–H and O–H groups in total. The molecule has 34 heavy (non-hydrogen) atoms. The lowest BCUT2D eigenvalue weighted by molar-refractivity contribution is -0.125. The average molecular weight is 470 g/mol. The van der Waals surface area contributed by atoms with Crippen LogP contribution in [0.3, 0.4) is 0 Å². The molecule has 0 saturated carbocycles. The zero-order valence-corrected chi connectivity index (χ0v) is 19.8. The summed E-state index contributed by atoms with van der Waals surface area (Å²) in [6.45, 7) is 4.83. The highest BCUT2D eigenvalue weighted by Crippen LogP contribution is 2.24. The van der Waals surface area contributed by atoms with Crippen molar-refractivity contribution >= 4 is 17.7 Å². The molecule has 8 heteroatoms. The summed E-state index contributed by atoms with van der Waals surface area (Å²) in [5, 5.41) is 5.81. The number of nitrogens with one attached hydrogen (secondary N) is 2. The Labute approximate surface area is 199 Å². The minimum Gasteiger partial charge on any atom is -0.497 e. The first-order chi connectivity index (χ1) is 16.3. The van der Waals surface area contributed by atoms with Crippen molar-refractivity contribution in [1.29, 1.82) is 0 Å². The molecule has 3 amide bonds. The summed E-state index contributed by atoms with van der Waals surface area (Å²) in [5.41, 5.74) is 0.835. The summed E-state index contributed by atoms with van der Waals surface area (Å²) >= 11 is 0. The van der Waals surface area contributed by atoms with E-state index in [2.05, 4.69) is 10.6 Å². The van der Waals surface area contributed by atoms with E-state index in [1.807, 2.05) is 13.8 Å². The van der Waals surface area contributed by atoms with Crippen LogP contribution in [0.5, 0.6) is 5.75 Å². The molecule has 2 aromatic carbocycles. The smallest absolute Gasteiger partial charge is 0.253 e. The lowest BCUT2D eigenvalue weighted by Crippen LogP contribution is -2.55. The fraction of sp³-hybridized carbons (Fsp3) is 0.423. The van der Waals surface area contributed by atoms with Gasteiger partial charge in [0.25, 0.3) is 11.8 Å². The number of carbonyl (C=O) groups excluding carboxylic acids is 3. The molecule has 0 bridgehead atoms. The Balaban J connectivity index is 1.70. The summed E-state index contributed by atoms with van der Waals surface area (Å²) in [6, 6.07) is 11.5. The number of halogens is 1. The molecule has 1 fully saturated rings. The first-order valence-corrected chi connectivity index (χ1v) is 11.6. The SMILES string of the molecule is CC[C@H](C)NC(=O)[C@H](NC(=O)c1ccc(F)cc1)C1CCN(C(=O)c2cccc(OC)c2)CC1. The van der Waals surface area contributed by atoms with Crippen LogP contribution in [-0.2, 0) is 4.79 Å². The zero-order chi connectivity index (χ0) is 24.7. The Morgan fingerprint density at radius 1 is 1.06 bits per heavy atom. The third-order valence-electron chi connectivity index (χ3n) is 6.29. The number of carbonyl (C=O) groups is 3. The average Bonchev–Trinajstić information content (AvgIpc) is 2.87. The van der Waals surface area contributed by atoms with Crippen molar-refractivity contribution in [3.05, 3.63) is 65.5 Å². The van der Waals surface area contributed by atoms with E-state index in [1.54, 1.807) is 36.3 Å². The molecule has 182 valence electrons. The minimum absolute atomic E-state index is 0.0348. The monoisotopic (exact) mass is 469 g/mol. The Hall–Kier alpha value is -3.42. The van der Waals surface area contributed by atoms with Crippen molar-refractivity contribution in [1.82, 2.24) is 15.5 Å². The highest BCUT2D eigenvalue weighted by molar-refractivity contribution is 5.98. The van der Waals surface area contributed by atoms with Crippen LogP contribution in [0.4, 0.5) is 4.39 Å². The van der Waals surface area contributed by atoms with Crippen LogP contribution in [0.1, 0.15) is 53.8 Å². The van der Waals surface area contributed by atoms with Gasteiger partial charge in [-0.15, -0.1) is 0 Å². The molecule has 1 aliphatic heterocycles. The summed E-state index contributed by atoms with van der Waals surface area (Å²) in [4.78, 5) is 40.6. The van der Waals surface area contributed by atoms with Gasteiger partial charge in [0.1, 0.15) is 17.6 Å². The summed E-state index contributed by atoms with van der Waals surface area (Å²) in [7, 11) is 1.56. The topological polar surface area (TPSA) is 87.7 Å². The Morgan fingerprint density at radius 2 is 1.74 bits per heavy atom. The molecule has 1 aliphatic rings. The number of benzene rings is 2. The van der Waals surface area contributed by atoms with Crippen molar-refractivity contribution in [3.8, 4) is 5.75 Å². The fourth-order valence-corrected chi connectivity index (χ4v) is 4.03. The van der Waals surface area contributed by atoms with Gasteiger partial charge >= 0.3 is 0 Å². The first kappa shape index (κ1) is 25.2. The molecule has 0 radical (unpaired) electrons. The minimum atomic E-state index is -0.749. The second kappa shape index (κ2) is 11.6. The van der Waals surface area contributed by atoms with E-state index in [1.165, 1.54) is 24.3 Å². The van der Waals surface area contributed by atoms with E-state index >= 15 is 0 Å². The number of nitrogens with zero attached hydrogens (tertiary/aromatic N) is 1. The third kappa shape index (κ3) is 6.34. The molecule has 2 aromatic rings. The van der Waals surface area contributed by atoms with Crippen molar-refractivity contribution in [3.63, 3.8) is 0 Å². The van der Waals surface area contributed by atoms with Gasteiger partial charge in [-0.1, -0.05) is 13.0 Å². The van der Waals surface area contributed by atoms with Gasteiger partial charge in [0, 0.05) is 30.3 Å². The van der Waals surface area contributed by atoms with Gasteiger partial charge in [-0.3, -0.25) is 14.4 Å². The van der Waals surface area contributed by atoms with Crippen LogP contribution < -0.4 is 15.4 Å². The molecule has 2 atom stereocenters. The van der Waals surface area contributed by atoms with Gasteiger partial charge < -0.3 is 20.3 Å². The van der Waals surface area contributed by atoms with E-state index in [9.17, 15) is 18.8 Å². The van der Waals surface area contributed by atoms with Crippen LogP contribution >= 0.6 is 0 Å². The quantitative estimate of drug-likeness (QED) is 0.620. The Morgan fingerprint density at radius 3 is 2.35 bits per heavy atom. The summed E-state index contributed by atoms with van der Waals surface area (Å²) in [5.74, 6) is -0.723. The third-order valence-corrected chi connectivity index (χ3v) is 6.29. The second-order valence-corrected chi connectivity index (χ2v) is 8.64. The zero-order valence-electron chi connectivity index (χ0n) is 19.8. The molecule has 7 nitrogen and oxygen atoms in total. The number of rotatable bonds is 8. The predicted molar refractivity (Wildman–Crippen MR) is 127 cm³/mol. The van der Waals surface area contributed by atoms with E-state index in [0.717, 1.165) is 6.42 Å². The first-order valence-electron chi connectivity index (χ1n) is 11.6. The van der Waals surface area contributed by atoms with Crippen LogP contribution in [0.15, 0.2) is 48.5 Å². The number of hydrogen-bond acceptors (Lipinski definition) is 4. The molecule has 0 unspecified atom stereocenters. The maximum absolute atomic E-state index is 13.2. The van der Waals surface area contributed by atoms with Gasteiger partial charge in [0.05, 0.1) is 7.11 Å². The van der Waals surface area contributed by atoms with Gasteiger partial charge in [-0.25, -0.2) is 4.39 Å². The number of amides is 3.